The Labute approximate surface area is 286 Å². The second-order valence-corrected chi connectivity index (χ2v) is 13.4. The average Bonchev–Trinajstić information content (AvgIpc) is 3.34. The van der Waals surface area contributed by atoms with Crippen LogP contribution in [0.3, 0.4) is 0 Å². The third-order valence-electron chi connectivity index (χ3n) is 9.72. The maximum atomic E-state index is 13.6. The van der Waals surface area contributed by atoms with Crippen LogP contribution in [0, 0.1) is 0 Å². The smallest absolute Gasteiger partial charge is 0.497 e. The second kappa shape index (κ2) is 11.9. The zero-order valence-electron chi connectivity index (χ0n) is 27.0. The summed E-state index contributed by atoms with van der Waals surface area (Å²) in [7, 11) is 3.22. The molecular formula is C40H34BrF3O4. The van der Waals surface area contributed by atoms with Gasteiger partial charge in [0.15, 0.2) is 5.60 Å². The van der Waals surface area contributed by atoms with Crippen molar-refractivity contribution < 1.29 is 32.1 Å². The van der Waals surface area contributed by atoms with Gasteiger partial charge in [-0.25, -0.2) is 0 Å². The van der Waals surface area contributed by atoms with Gasteiger partial charge in [0.05, 0.1) is 14.2 Å². The summed E-state index contributed by atoms with van der Waals surface area (Å²) in [6.07, 6.45) is 2.22. The van der Waals surface area contributed by atoms with E-state index in [1.165, 1.54) is 17.7 Å². The maximum Gasteiger partial charge on any atom is 0.573 e. The molecule has 1 heterocycles. The van der Waals surface area contributed by atoms with Crippen molar-refractivity contribution in [3.63, 3.8) is 0 Å². The normalized spacial score (nSPS) is 17.3. The summed E-state index contributed by atoms with van der Waals surface area (Å²) in [5, 5.41) is 1.33. The largest absolute Gasteiger partial charge is 0.573 e. The van der Waals surface area contributed by atoms with Gasteiger partial charge in [-0.05, 0) is 94.7 Å². The van der Waals surface area contributed by atoms with Crippen molar-refractivity contribution in [1.29, 1.82) is 0 Å². The summed E-state index contributed by atoms with van der Waals surface area (Å²) >= 11 is 3.68. The SMILES string of the molecule is CCCCC1(C)c2ccc(Br)cc2-c2c1c1c(c3cc(OC(F)(F)F)ccc23)OC(c2ccc(OC)cc2)(c2ccc(OC)cc2)C=C1. The number of fused-ring (bicyclic) bond motifs is 8. The third-order valence-corrected chi connectivity index (χ3v) is 10.2. The number of hydrogen-bond acceptors (Lipinski definition) is 4. The van der Waals surface area contributed by atoms with Crippen LogP contribution in [0.1, 0.15) is 60.9 Å². The lowest BCUT2D eigenvalue weighted by atomic mass is 9.73. The van der Waals surface area contributed by atoms with Gasteiger partial charge in [-0.1, -0.05) is 79.0 Å². The van der Waals surface area contributed by atoms with E-state index in [1.54, 1.807) is 20.3 Å². The quantitative estimate of drug-likeness (QED) is 0.160. The lowest BCUT2D eigenvalue weighted by Gasteiger charge is -2.39. The van der Waals surface area contributed by atoms with Crippen LogP contribution in [0.2, 0.25) is 0 Å². The van der Waals surface area contributed by atoms with E-state index in [1.807, 2.05) is 48.5 Å². The fraction of sp³-hybridized carbons (Fsp3) is 0.250. The first-order chi connectivity index (χ1) is 23.0. The lowest BCUT2D eigenvalue weighted by Crippen LogP contribution is -2.35. The molecule has 8 heteroatoms. The Balaban J connectivity index is 1.56. The van der Waals surface area contributed by atoms with Gasteiger partial charge in [0, 0.05) is 32.0 Å². The Morgan fingerprint density at radius 1 is 0.792 bits per heavy atom. The molecule has 0 radical (unpaired) electrons. The van der Waals surface area contributed by atoms with Crippen molar-refractivity contribution in [3.8, 4) is 34.1 Å². The molecule has 5 aromatic rings. The van der Waals surface area contributed by atoms with Crippen LogP contribution in [0.25, 0.3) is 28.0 Å². The summed E-state index contributed by atoms with van der Waals surface area (Å²) in [5.74, 6) is 1.57. The topological polar surface area (TPSA) is 36.9 Å². The summed E-state index contributed by atoms with van der Waals surface area (Å²) < 4.78 is 64.3. The summed E-state index contributed by atoms with van der Waals surface area (Å²) in [4.78, 5) is 0. The first kappa shape index (κ1) is 32.1. The van der Waals surface area contributed by atoms with E-state index in [4.69, 9.17) is 14.2 Å². The molecule has 1 aliphatic heterocycles. The van der Waals surface area contributed by atoms with Gasteiger partial charge in [-0.3, -0.25) is 0 Å². The second-order valence-electron chi connectivity index (χ2n) is 12.5. The lowest BCUT2D eigenvalue weighted by molar-refractivity contribution is -0.274. The molecule has 1 aliphatic carbocycles. The number of halogens is 4. The van der Waals surface area contributed by atoms with Crippen molar-refractivity contribution in [2.45, 2.75) is 50.5 Å². The molecule has 1 atom stereocenters. The van der Waals surface area contributed by atoms with Crippen LogP contribution >= 0.6 is 15.9 Å². The highest BCUT2D eigenvalue weighted by molar-refractivity contribution is 9.10. The molecular weight excluding hydrogens is 681 g/mol. The fourth-order valence-corrected chi connectivity index (χ4v) is 7.82. The molecule has 0 fully saturated rings. The summed E-state index contributed by atoms with van der Waals surface area (Å²) in [6, 6.07) is 26.2. The van der Waals surface area contributed by atoms with Crippen LogP contribution in [-0.2, 0) is 11.0 Å². The average molecular weight is 716 g/mol. The Bertz CT molecular complexity index is 2000. The highest BCUT2D eigenvalue weighted by Crippen LogP contribution is 2.60. The van der Waals surface area contributed by atoms with Crippen molar-refractivity contribution >= 4 is 32.8 Å². The van der Waals surface area contributed by atoms with Gasteiger partial charge in [0.2, 0.25) is 0 Å². The first-order valence-electron chi connectivity index (χ1n) is 15.9. The highest BCUT2D eigenvalue weighted by Gasteiger charge is 2.46. The van der Waals surface area contributed by atoms with Crippen molar-refractivity contribution in [2.75, 3.05) is 14.2 Å². The minimum Gasteiger partial charge on any atom is -0.497 e. The molecule has 0 saturated carbocycles. The zero-order chi connectivity index (χ0) is 33.8. The third kappa shape index (κ3) is 5.21. The van der Waals surface area contributed by atoms with E-state index in [2.05, 4.69) is 64.9 Å². The van der Waals surface area contributed by atoms with E-state index in [0.717, 1.165) is 62.5 Å². The van der Waals surface area contributed by atoms with Gasteiger partial charge in [0.1, 0.15) is 23.0 Å². The standard InChI is InChI=1S/C40H34BrF3O4/c1-5-6-20-38(2)34-18-11-26(41)22-33(34)35-30-17-16-29(47-40(42,43)44)23-32(30)37-31(36(35)38)19-21-39(48-37,24-7-12-27(45-3)13-8-24)25-9-14-28(46-4)15-10-25/h7-19,21-23H,5-6,20H2,1-4H3. The van der Waals surface area contributed by atoms with Gasteiger partial charge in [-0.2, -0.15) is 0 Å². The predicted molar refractivity (Wildman–Crippen MR) is 186 cm³/mol. The van der Waals surface area contributed by atoms with Crippen LogP contribution in [0.5, 0.6) is 23.0 Å². The summed E-state index contributed by atoms with van der Waals surface area (Å²) in [5.41, 5.74) is 5.39. The Morgan fingerprint density at radius 3 is 2.00 bits per heavy atom. The number of ether oxygens (including phenoxy) is 4. The molecule has 246 valence electrons. The highest BCUT2D eigenvalue weighted by atomic mass is 79.9. The number of alkyl halides is 3. The number of rotatable bonds is 8. The molecule has 0 aromatic heterocycles. The molecule has 0 bridgehead atoms. The van der Waals surface area contributed by atoms with Crippen molar-refractivity contribution in [3.05, 3.63) is 123 Å². The molecule has 48 heavy (non-hydrogen) atoms. The van der Waals surface area contributed by atoms with E-state index < -0.39 is 12.0 Å². The van der Waals surface area contributed by atoms with Crippen LogP contribution in [0.15, 0.2) is 95.5 Å². The predicted octanol–water partition coefficient (Wildman–Crippen LogP) is 11.3. The molecule has 1 unspecified atom stereocenters. The number of methoxy groups -OCH3 is 2. The Morgan fingerprint density at radius 2 is 1.42 bits per heavy atom. The maximum absolute atomic E-state index is 13.6. The number of hydrogen-bond donors (Lipinski definition) is 0. The van der Waals surface area contributed by atoms with E-state index in [-0.39, 0.29) is 11.2 Å². The molecule has 5 aromatic carbocycles. The van der Waals surface area contributed by atoms with Crippen molar-refractivity contribution in [2.24, 2.45) is 0 Å². The Hall–Kier alpha value is -4.43. The van der Waals surface area contributed by atoms with Crippen LogP contribution in [0.4, 0.5) is 13.2 Å². The van der Waals surface area contributed by atoms with Gasteiger partial charge in [0.25, 0.3) is 0 Å². The van der Waals surface area contributed by atoms with Crippen LogP contribution in [-0.4, -0.2) is 20.6 Å². The molecule has 2 aliphatic rings. The Kier molecular flexibility index (Phi) is 7.98. The van der Waals surface area contributed by atoms with Gasteiger partial charge in [-0.15, -0.1) is 13.2 Å². The molecule has 4 nitrogen and oxygen atoms in total. The molecule has 0 amide bonds. The molecule has 0 N–H and O–H groups in total. The molecule has 0 saturated heterocycles. The van der Waals surface area contributed by atoms with Crippen LogP contribution < -0.4 is 18.9 Å². The van der Waals surface area contributed by atoms with Gasteiger partial charge < -0.3 is 18.9 Å². The molecule has 0 spiro atoms. The summed E-state index contributed by atoms with van der Waals surface area (Å²) in [6.45, 7) is 4.46. The van der Waals surface area contributed by atoms with E-state index >= 15 is 0 Å². The van der Waals surface area contributed by atoms with E-state index in [9.17, 15) is 13.2 Å². The fourth-order valence-electron chi connectivity index (χ4n) is 7.46. The van der Waals surface area contributed by atoms with E-state index in [0.29, 0.717) is 22.6 Å². The van der Waals surface area contributed by atoms with Gasteiger partial charge >= 0.3 is 6.36 Å². The molecule has 7 rings (SSSR count). The monoisotopic (exact) mass is 714 g/mol. The zero-order valence-corrected chi connectivity index (χ0v) is 28.6. The van der Waals surface area contributed by atoms with Crippen molar-refractivity contribution in [1.82, 2.24) is 0 Å². The number of unbranched alkanes of at least 4 members (excludes halogenated alkanes) is 1. The first-order valence-corrected chi connectivity index (χ1v) is 16.7. The minimum atomic E-state index is -4.85. The number of benzene rings is 5. The minimum absolute atomic E-state index is 0.309.